The smallest absolute Gasteiger partial charge is 0.136 e. The predicted molar refractivity (Wildman–Crippen MR) is 89.9 cm³/mol. The Bertz CT molecular complexity index is 592. The molecule has 1 aromatic carbocycles. The van der Waals surface area contributed by atoms with Gasteiger partial charge in [0.15, 0.2) is 0 Å². The van der Waals surface area contributed by atoms with Crippen molar-refractivity contribution in [2.24, 2.45) is 0 Å². The first kappa shape index (κ1) is 15.9. The maximum Gasteiger partial charge on any atom is 0.136 e. The molecule has 6 heteroatoms. The van der Waals surface area contributed by atoms with Gasteiger partial charge in [0.05, 0.1) is 15.7 Å². The number of hydrogen-bond acceptors (Lipinski definition) is 4. The monoisotopic (exact) mass is 324 g/mol. The largest absolute Gasteiger partial charge is 0.370 e. The predicted octanol–water partition coefficient (Wildman–Crippen LogP) is 4.91. The Kier molecular flexibility index (Phi) is 5.65. The van der Waals surface area contributed by atoms with E-state index in [0.29, 0.717) is 15.9 Å². The van der Waals surface area contributed by atoms with Crippen molar-refractivity contribution in [3.8, 4) is 0 Å². The van der Waals surface area contributed by atoms with E-state index < -0.39 is 0 Å². The standard InChI is InChI=1S/C15H18Cl2N4/c1-3-6-12-20-13(18-4-2)9-14(21-12)19-11-8-5-7-10(16)15(11)17/h5,7-9H,3-4,6H2,1-2H3,(H2,18,19,20,21). The minimum atomic E-state index is 0.486. The van der Waals surface area contributed by atoms with Crippen LogP contribution in [0.3, 0.4) is 0 Å². The highest BCUT2D eigenvalue weighted by Gasteiger charge is 2.08. The van der Waals surface area contributed by atoms with Gasteiger partial charge in [-0.3, -0.25) is 0 Å². The van der Waals surface area contributed by atoms with Crippen LogP contribution in [0.1, 0.15) is 26.1 Å². The first-order valence-electron chi connectivity index (χ1n) is 6.97. The van der Waals surface area contributed by atoms with Crippen molar-refractivity contribution in [3.63, 3.8) is 0 Å². The van der Waals surface area contributed by atoms with Crippen molar-refractivity contribution in [2.75, 3.05) is 17.2 Å². The van der Waals surface area contributed by atoms with Crippen LogP contribution in [0.15, 0.2) is 24.3 Å². The molecule has 0 spiro atoms. The molecule has 2 rings (SSSR count). The van der Waals surface area contributed by atoms with E-state index in [-0.39, 0.29) is 0 Å². The SMILES string of the molecule is CCCc1nc(NCC)cc(Nc2cccc(Cl)c2Cl)n1. The summed E-state index contributed by atoms with van der Waals surface area (Å²) in [6, 6.07) is 7.32. The number of rotatable bonds is 6. The van der Waals surface area contributed by atoms with Crippen LogP contribution < -0.4 is 10.6 Å². The van der Waals surface area contributed by atoms with Gasteiger partial charge in [-0.25, -0.2) is 9.97 Å². The van der Waals surface area contributed by atoms with Gasteiger partial charge >= 0.3 is 0 Å². The first-order valence-corrected chi connectivity index (χ1v) is 7.72. The molecule has 0 saturated carbocycles. The fraction of sp³-hybridized carbons (Fsp3) is 0.333. The molecule has 0 fully saturated rings. The molecule has 21 heavy (non-hydrogen) atoms. The fourth-order valence-electron chi connectivity index (χ4n) is 1.91. The Balaban J connectivity index is 2.31. The van der Waals surface area contributed by atoms with Crippen LogP contribution in [0.4, 0.5) is 17.3 Å². The third-order valence-electron chi connectivity index (χ3n) is 2.82. The van der Waals surface area contributed by atoms with E-state index in [1.807, 2.05) is 25.1 Å². The molecule has 0 unspecified atom stereocenters. The zero-order chi connectivity index (χ0) is 15.2. The number of nitrogens with one attached hydrogen (secondary N) is 2. The molecular formula is C15H18Cl2N4. The van der Waals surface area contributed by atoms with Gasteiger partial charge in [-0.2, -0.15) is 0 Å². The Morgan fingerprint density at radius 1 is 1.10 bits per heavy atom. The average molecular weight is 325 g/mol. The summed E-state index contributed by atoms with van der Waals surface area (Å²) in [6.07, 6.45) is 1.82. The maximum absolute atomic E-state index is 6.19. The van der Waals surface area contributed by atoms with E-state index in [1.54, 1.807) is 6.07 Å². The molecule has 1 aromatic heterocycles. The molecule has 0 aliphatic heterocycles. The van der Waals surface area contributed by atoms with E-state index in [4.69, 9.17) is 23.2 Å². The lowest BCUT2D eigenvalue weighted by atomic mass is 10.3. The summed E-state index contributed by atoms with van der Waals surface area (Å²) in [6.45, 7) is 4.94. The van der Waals surface area contributed by atoms with Crippen molar-refractivity contribution in [2.45, 2.75) is 26.7 Å². The molecule has 0 bridgehead atoms. The quantitative estimate of drug-likeness (QED) is 0.792. The molecule has 2 aromatic rings. The number of anilines is 3. The molecule has 1 heterocycles. The van der Waals surface area contributed by atoms with Crippen LogP contribution in [-0.2, 0) is 6.42 Å². The molecular weight excluding hydrogens is 307 g/mol. The number of halogens is 2. The minimum absolute atomic E-state index is 0.486. The van der Waals surface area contributed by atoms with Gasteiger partial charge in [0.2, 0.25) is 0 Å². The highest BCUT2D eigenvalue weighted by molar-refractivity contribution is 6.43. The molecule has 0 radical (unpaired) electrons. The number of aromatic nitrogens is 2. The molecule has 4 nitrogen and oxygen atoms in total. The van der Waals surface area contributed by atoms with Gasteiger partial charge < -0.3 is 10.6 Å². The molecule has 0 amide bonds. The Morgan fingerprint density at radius 2 is 1.86 bits per heavy atom. The van der Waals surface area contributed by atoms with Crippen LogP contribution in [-0.4, -0.2) is 16.5 Å². The van der Waals surface area contributed by atoms with E-state index in [9.17, 15) is 0 Å². The third-order valence-corrected chi connectivity index (χ3v) is 3.64. The minimum Gasteiger partial charge on any atom is -0.370 e. The Hall–Kier alpha value is -1.52. The van der Waals surface area contributed by atoms with Gasteiger partial charge in [0.1, 0.15) is 17.5 Å². The second-order valence-electron chi connectivity index (χ2n) is 4.56. The van der Waals surface area contributed by atoms with Crippen molar-refractivity contribution < 1.29 is 0 Å². The number of nitrogens with zero attached hydrogens (tertiary/aromatic N) is 2. The zero-order valence-electron chi connectivity index (χ0n) is 12.1. The van der Waals surface area contributed by atoms with E-state index in [1.165, 1.54) is 0 Å². The second kappa shape index (κ2) is 7.48. The van der Waals surface area contributed by atoms with Gasteiger partial charge in [-0.1, -0.05) is 36.2 Å². The van der Waals surface area contributed by atoms with Crippen molar-refractivity contribution in [1.29, 1.82) is 0 Å². The van der Waals surface area contributed by atoms with E-state index >= 15 is 0 Å². The average Bonchev–Trinajstić information content (AvgIpc) is 2.44. The van der Waals surface area contributed by atoms with Crippen LogP contribution >= 0.6 is 23.2 Å². The van der Waals surface area contributed by atoms with Gasteiger partial charge in [-0.15, -0.1) is 0 Å². The lowest BCUT2D eigenvalue weighted by Gasteiger charge is -2.12. The van der Waals surface area contributed by atoms with Crippen LogP contribution in [0.25, 0.3) is 0 Å². The van der Waals surface area contributed by atoms with Crippen molar-refractivity contribution in [1.82, 2.24) is 9.97 Å². The Labute approximate surface area is 134 Å². The zero-order valence-corrected chi connectivity index (χ0v) is 13.6. The molecule has 112 valence electrons. The number of aryl methyl sites for hydroxylation is 1. The summed E-state index contributed by atoms with van der Waals surface area (Å²) in [5.74, 6) is 2.31. The first-order chi connectivity index (χ1) is 10.1. The second-order valence-corrected chi connectivity index (χ2v) is 5.35. The summed E-state index contributed by atoms with van der Waals surface area (Å²) in [5.41, 5.74) is 0.729. The topological polar surface area (TPSA) is 49.8 Å². The number of benzene rings is 1. The normalized spacial score (nSPS) is 10.5. The van der Waals surface area contributed by atoms with Crippen LogP contribution in [0.5, 0.6) is 0 Å². The van der Waals surface area contributed by atoms with Crippen LogP contribution in [0, 0.1) is 0 Å². The van der Waals surface area contributed by atoms with E-state index in [2.05, 4.69) is 27.5 Å². The lowest BCUT2D eigenvalue weighted by molar-refractivity contribution is 0.837. The van der Waals surface area contributed by atoms with Gasteiger partial charge in [-0.05, 0) is 25.5 Å². The molecule has 0 aliphatic rings. The summed E-state index contributed by atoms with van der Waals surface area (Å²) in [7, 11) is 0. The molecule has 0 saturated heterocycles. The highest BCUT2D eigenvalue weighted by atomic mass is 35.5. The van der Waals surface area contributed by atoms with Crippen molar-refractivity contribution >= 4 is 40.5 Å². The molecule has 2 N–H and O–H groups in total. The third kappa shape index (κ3) is 4.22. The summed E-state index contributed by atoms with van der Waals surface area (Å²) in [5, 5.41) is 7.41. The van der Waals surface area contributed by atoms with E-state index in [0.717, 1.165) is 36.7 Å². The molecule has 0 aliphatic carbocycles. The highest BCUT2D eigenvalue weighted by Crippen LogP contribution is 2.31. The summed E-state index contributed by atoms with van der Waals surface area (Å²) >= 11 is 12.2. The lowest BCUT2D eigenvalue weighted by Crippen LogP contribution is -2.06. The van der Waals surface area contributed by atoms with Crippen LogP contribution in [0.2, 0.25) is 10.0 Å². The summed E-state index contributed by atoms with van der Waals surface area (Å²) in [4.78, 5) is 8.98. The number of hydrogen-bond donors (Lipinski definition) is 2. The summed E-state index contributed by atoms with van der Waals surface area (Å²) < 4.78 is 0. The fourth-order valence-corrected chi connectivity index (χ4v) is 2.25. The maximum atomic E-state index is 6.19. The van der Waals surface area contributed by atoms with Gasteiger partial charge in [0, 0.05) is 19.0 Å². The van der Waals surface area contributed by atoms with Crippen molar-refractivity contribution in [3.05, 3.63) is 40.1 Å². The van der Waals surface area contributed by atoms with Gasteiger partial charge in [0.25, 0.3) is 0 Å². The molecule has 0 atom stereocenters. The Morgan fingerprint density at radius 3 is 2.57 bits per heavy atom.